The number of likely N-dealkylation sites (tertiary alicyclic amines) is 1. The third-order valence-electron chi connectivity index (χ3n) is 5.37. The number of aliphatic imine (C=N–C) groups is 1. The van der Waals surface area contributed by atoms with Crippen molar-refractivity contribution in [3.8, 4) is 0 Å². The average Bonchev–Trinajstić information content (AvgIpc) is 3.11. The minimum absolute atomic E-state index is 0.494. The highest BCUT2D eigenvalue weighted by atomic mass is 16.5. The minimum atomic E-state index is 0.494. The number of hydrogen-bond acceptors (Lipinski definition) is 5. The van der Waals surface area contributed by atoms with Gasteiger partial charge in [0, 0.05) is 64.9 Å². The molecule has 2 fully saturated rings. The van der Waals surface area contributed by atoms with E-state index in [1.54, 1.807) is 7.11 Å². The van der Waals surface area contributed by atoms with E-state index in [2.05, 4.69) is 40.9 Å². The van der Waals surface area contributed by atoms with E-state index >= 15 is 0 Å². The molecule has 0 bridgehead atoms. The molecule has 7 nitrogen and oxygen atoms in total. The quantitative estimate of drug-likeness (QED) is 0.364. The molecule has 2 saturated heterocycles. The standard InChI is InChI=1S/C19H39N5O2/c1-5-20-19(21-14-17(2)23-10-8-22(3)9-11-23)24-7-6-18(15-24)16-26-13-12-25-4/h17-18H,5-16H2,1-4H3,(H,20,21). The molecule has 1 N–H and O–H groups in total. The summed E-state index contributed by atoms with van der Waals surface area (Å²) in [6.07, 6.45) is 1.17. The summed E-state index contributed by atoms with van der Waals surface area (Å²) in [7, 11) is 3.91. The lowest BCUT2D eigenvalue weighted by Crippen LogP contribution is -2.49. The lowest BCUT2D eigenvalue weighted by Gasteiger charge is -2.36. The van der Waals surface area contributed by atoms with Gasteiger partial charge in [-0.25, -0.2) is 0 Å². The zero-order valence-electron chi connectivity index (χ0n) is 17.2. The molecule has 2 unspecified atom stereocenters. The van der Waals surface area contributed by atoms with Crippen molar-refractivity contribution in [2.45, 2.75) is 26.3 Å². The Balaban J connectivity index is 1.78. The van der Waals surface area contributed by atoms with Crippen molar-refractivity contribution >= 4 is 5.96 Å². The lowest BCUT2D eigenvalue weighted by molar-refractivity contribution is 0.0536. The summed E-state index contributed by atoms with van der Waals surface area (Å²) >= 11 is 0. The van der Waals surface area contributed by atoms with E-state index in [4.69, 9.17) is 14.5 Å². The fourth-order valence-electron chi connectivity index (χ4n) is 3.58. The minimum Gasteiger partial charge on any atom is -0.382 e. The van der Waals surface area contributed by atoms with E-state index in [1.807, 2.05) is 0 Å². The number of nitrogens with zero attached hydrogens (tertiary/aromatic N) is 4. The Kier molecular flexibility index (Phi) is 9.67. The Morgan fingerprint density at radius 2 is 1.96 bits per heavy atom. The summed E-state index contributed by atoms with van der Waals surface area (Å²) < 4.78 is 10.7. The maximum atomic E-state index is 5.71. The number of rotatable bonds is 9. The molecule has 0 aromatic carbocycles. The second kappa shape index (κ2) is 11.7. The first-order chi connectivity index (χ1) is 12.6. The first-order valence-electron chi connectivity index (χ1n) is 10.2. The molecule has 0 aromatic heterocycles. The van der Waals surface area contributed by atoms with Crippen molar-refractivity contribution in [3.63, 3.8) is 0 Å². The van der Waals surface area contributed by atoms with Crippen LogP contribution in [0.25, 0.3) is 0 Å². The molecule has 2 heterocycles. The number of piperazine rings is 1. The summed E-state index contributed by atoms with van der Waals surface area (Å²) in [6.45, 7) is 15.1. The van der Waals surface area contributed by atoms with Crippen LogP contribution in [0.2, 0.25) is 0 Å². The second-order valence-electron chi connectivity index (χ2n) is 7.55. The highest BCUT2D eigenvalue weighted by Crippen LogP contribution is 2.17. The molecule has 2 aliphatic rings. The number of guanidine groups is 1. The van der Waals surface area contributed by atoms with E-state index in [0.717, 1.165) is 64.9 Å². The van der Waals surface area contributed by atoms with Gasteiger partial charge in [-0.1, -0.05) is 0 Å². The molecule has 0 aliphatic carbocycles. The molecule has 7 heteroatoms. The third kappa shape index (κ3) is 7.02. The van der Waals surface area contributed by atoms with Gasteiger partial charge < -0.3 is 24.6 Å². The van der Waals surface area contributed by atoms with Crippen LogP contribution in [-0.2, 0) is 9.47 Å². The van der Waals surface area contributed by atoms with E-state index in [9.17, 15) is 0 Å². The maximum Gasteiger partial charge on any atom is 0.193 e. The average molecular weight is 370 g/mol. The molecular weight excluding hydrogens is 330 g/mol. The Bertz CT molecular complexity index is 413. The SMILES string of the molecule is CCNC(=NCC(C)N1CCN(C)CC1)N1CCC(COCCOC)C1. The zero-order valence-corrected chi connectivity index (χ0v) is 17.2. The van der Waals surface area contributed by atoms with Crippen LogP contribution in [0, 0.1) is 5.92 Å². The Morgan fingerprint density at radius 1 is 1.19 bits per heavy atom. The molecule has 2 rings (SSSR count). The van der Waals surface area contributed by atoms with Crippen molar-refractivity contribution in [2.24, 2.45) is 10.9 Å². The van der Waals surface area contributed by atoms with Crippen LogP contribution in [-0.4, -0.2) is 113 Å². The summed E-state index contributed by atoms with van der Waals surface area (Å²) in [4.78, 5) is 12.3. The van der Waals surface area contributed by atoms with Gasteiger partial charge in [-0.3, -0.25) is 9.89 Å². The molecule has 2 atom stereocenters. The van der Waals surface area contributed by atoms with Gasteiger partial charge in [-0.15, -0.1) is 0 Å². The number of nitrogens with one attached hydrogen (secondary N) is 1. The Labute approximate surface area is 159 Å². The van der Waals surface area contributed by atoms with Crippen molar-refractivity contribution in [2.75, 3.05) is 86.3 Å². The number of methoxy groups -OCH3 is 1. The first kappa shape index (κ1) is 21.4. The van der Waals surface area contributed by atoms with Gasteiger partial charge in [0.2, 0.25) is 0 Å². The predicted octanol–water partition coefficient (Wildman–Crippen LogP) is 0.573. The van der Waals surface area contributed by atoms with Crippen molar-refractivity contribution < 1.29 is 9.47 Å². The fourth-order valence-corrected chi connectivity index (χ4v) is 3.58. The normalized spacial score (nSPS) is 24.2. The molecule has 0 amide bonds. The molecule has 26 heavy (non-hydrogen) atoms. The van der Waals surface area contributed by atoms with Crippen molar-refractivity contribution in [1.82, 2.24) is 20.0 Å². The molecule has 2 aliphatic heterocycles. The second-order valence-corrected chi connectivity index (χ2v) is 7.55. The van der Waals surface area contributed by atoms with Crippen LogP contribution in [0.4, 0.5) is 0 Å². The van der Waals surface area contributed by atoms with Crippen LogP contribution in [0.5, 0.6) is 0 Å². The smallest absolute Gasteiger partial charge is 0.193 e. The Morgan fingerprint density at radius 3 is 2.65 bits per heavy atom. The number of hydrogen-bond donors (Lipinski definition) is 1. The van der Waals surface area contributed by atoms with E-state index in [0.29, 0.717) is 25.2 Å². The number of likely N-dealkylation sites (N-methyl/N-ethyl adjacent to an activating group) is 1. The van der Waals surface area contributed by atoms with Gasteiger partial charge in [0.05, 0.1) is 26.4 Å². The van der Waals surface area contributed by atoms with E-state index in [-0.39, 0.29) is 0 Å². The van der Waals surface area contributed by atoms with Crippen LogP contribution in [0.15, 0.2) is 4.99 Å². The molecule has 0 spiro atoms. The largest absolute Gasteiger partial charge is 0.382 e. The molecule has 0 aromatic rings. The van der Waals surface area contributed by atoms with E-state index < -0.39 is 0 Å². The van der Waals surface area contributed by atoms with Gasteiger partial charge in [-0.2, -0.15) is 0 Å². The van der Waals surface area contributed by atoms with Crippen LogP contribution in [0.3, 0.4) is 0 Å². The highest BCUT2D eigenvalue weighted by molar-refractivity contribution is 5.80. The van der Waals surface area contributed by atoms with Crippen LogP contribution in [0.1, 0.15) is 20.3 Å². The molecule has 0 radical (unpaired) electrons. The van der Waals surface area contributed by atoms with Crippen molar-refractivity contribution in [3.05, 3.63) is 0 Å². The van der Waals surface area contributed by atoms with Gasteiger partial charge in [-0.05, 0) is 27.3 Å². The maximum absolute atomic E-state index is 5.71. The summed E-state index contributed by atoms with van der Waals surface area (Å²) in [5.74, 6) is 1.65. The van der Waals surface area contributed by atoms with Crippen molar-refractivity contribution in [1.29, 1.82) is 0 Å². The van der Waals surface area contributed by atoms with Crippen LogP contribution >= 0.6 is 0 Å². The lowest BCUT2D eigenvalue weighted by atomic mass is 10.1. The van der Waals surface area contributed by atoms with Gasteiger partial charge in [0.25, 0.3) is 0 Å². The Hall–Kier alpha value is -0.890. The topological polar surface area (TPSA) is 52.6 Å². The zero-order chi connectivity index (χ0) is 18.8. The van der Waals surface area contributed by atoms with Crippen LogP contribution < -0.4 is 5.32 Å². The summed E-state index contributed by atoms with van der Waals surface area (Å²) in [6, 6.07) is 0.494. The molecule has 152 valence electrons. The fraction of sp³-hybridized carbons (Fsp3) is 0.947. The molecular formula is C19H39N5O2. The predicted molar refractivity (Wildman–Crippen MR) is 107 cm³/mol. The first-order valence-corrected chi connectivity index (χ1v) is 10.2. The van der Waals surface area contributed by atoms with E-state index in [1.165, 1.54) is 6.42 Å². The summed E-state index contributed by atoms with van der Waals surface area (Å²) in [5.41, 5.74) is 0. The highest BCUT2D eigenvalue weighted by Gasteiger charge is 2.25. The monoisotopic (exact) mass is 369 g/mol. The third-order valence-corrected chi connectivity index (χ3v) is 5.37. The summed E-state index contributed by atoms with van der Waals surface area (Å²) in [5, 5.41) is 3.48. The molecule has 0 saturated carbocycles. The van der Waals surface area contributed by atoms with Gasteiger partial charge in [0.1, 0.15) is 0 Å². The van der Waals surface area contributed by atoms with Gasteiger partial charge in [0.15, 0.2) is 5.96 Å². The van der Waals surface area contributed by atoms with Gasteiger partial charge >= 0.3 is 0 Å². The number of ether oxygens (including phenoxy) is 2.